The first-order valence-corrected chi connectivity index (χ1v) is 4.22. The highest BCUT2D eigenvalue weighted by Crippen LogP contribution is 2.28. The first-order valence-electron chi connectivity index (χ1n) is 2.69. The van der Waals surface area contributed by atoms with E-state index in [1.165, 1.54) is 0 Å². The highest BCUT2D eigenvalue weighted by molar-refractivity contribution is 7.07. The van der Waals surface area contributed by atoms with Gasteiger partial charge in [0.15, 0.2) is 5.15 Å². The number of carbonyl (C=O) groups excluding carboxylic acids is 1. The van der Waals surface area contributed by atoms with Crippen molar-refractivity contribution in [3.05, 3.63) is 15.1 Å². The molecule has 0 bridgehead atoms. The monoisotopic (exact) mass is 210 g/mol. The van der Waals surface area contributed by atoms with Crippen LogP contribution in [-0.2, 0) is 11.2 Å². The van der Waals surface area contributed by atoms with Crippen LogP contribution < -0.4 is 5.73 Å². The van der Waals surface area contributed by atoms with Crippen molar-refractivity contribution in [1.29, 1.82) is 0 Å². The quantitative estimate of drug-likeness (QED) is 0.805. The van der Waals surface area contributed by atoms with E-state index in [2.05, 4.69) is 4.37 Å². The molecule has 2 N–H and O–H groups in total. The zero-order valence-electron chi connectivity index (χ0n) is 5.30. The molecule has 0 aliphatic rings. The first-order chi connectivity index (χ1) is 5.11. The molecule has 0 atom stereocenters. The maximum atomic E-state index is 10.4. The second-order valence-electron chi connectivity index (χ2n) is 1.85. The molecule has 11 heavy (non-hydrogen) atoms. The van der Waals surface area contributed by atoms with E-state index in [0.717, 1.165) is 11.5 Å². The molecule has 1 rings (SSSR count). The fourth-order valence-electron chi connectivity index (χ4n) is 0.558. The van der Waals surface area contributed by atoms with Gasteiger partial charge in [0.2, 0.25) is 5.91 Å². The molecular formula is C5H4Cl2N2OS. The molecule has 1 amide bonds. The normalized spacial score (nSPS) is 10.0. The van der Waals surface area contributed by atoms with Gasteiger partial charge in [-0.3, -0.25) is 4.79 Å². The summed E-state index contributed by atoms with van der Waals surface area (Å²) in [6.45, 7) is 0. The molecule has 0 saturated carbocycles. The van der Waals surface area contributed by atoms with Crippen LogP contribution in [0.15, 0.2) is 0 Å². The van der Waals surface area contributed by atoms with Gasteiger partial charge in [-0.15, -0.1) is 0 Å². The second kappa shape index (κ2) is 3.38. The number of halogens is 2. The lowest BCUT2D eigenvalue weighted by Crippen LogP contribution is -2.12. The van der Waals surface area contributed by atoms with E-state index >= 15 is 0 Å². The van der Waals surface area contributed by atoms with Crippen molar-refractivity contribution in [3.8, 4) is 0 Å². The van der Waals surface area contributed by atoms with Crippen LogP contribution in [0.25, 0.3) is 0 Å². The second-order valence-corrected chi connectivity index (χ2v) is 3.45. The van der Waals surface area contributed by atoms with Gasteiger partial charge in [0.05, 0.1) is 16.3 Å². The van der Waals surface area contributed by atoms with Crippen LogP contribution in [0.5, 0.6) is 0 Å². The number of nitrogens with zero attached hydrogens (tertiary/aromatic N) is 1. The van der Waals surface area contributed by atoms with Crippen molar-refractivity contribution in [3.63, 3.8) is 0 Å². The molecule has 0 spiro atoms. The van der Waals surface area contributed by atoms with Crippen LogP contribution in [0, 0.1) is 0 Å². The van der Waals surface area contributed by atoms with Crippen molar-refractivity contribution < 1.29 is 4.79 Å². The van der Waals surface area contributed by atoms with Crippen molar-refractivity contribution >= 4 is 40.6 Å². The topological polar surface area (TPSA) is 56.0 Å². The van der Waals surface area contributed by atoms with Gasteiger partial charge in [-0.25, -0.2) is 0 Å². The third-order valence-corrected chi connectivity index (χ3v) is 2.83. The molecule has 0 saturated heterocycles. The molecule has 0 aliphatic heterocycles. The summed E-state index contributed by atoms with van der Waals surface area (Å²) in [5.41, 5.74) is 4.94. The Balaban J connectivity index is 2.87. The Bertz CT molecular complexity index is 286. The zero-order chi connectivity index (χ0) is 8.43. The summed E-state index contributed by atoms with van der Waals surface area (Å²) < 4.78 is 3.74. The summed E-state index contributed by atoms with van der Waals surface area (Å²) in [4.78, 5) is 11.0. The van der Waals surface area contributed by atoms with Crippen LogP contribution in [0.4, 0.5) is 0 Å². The van der Waals surface area contributed by atoms with Gasteiger partial charge >= 0.3 is 0 Å². The van der Waals surface area contributed by atoms with E-state index in [0.29, 0.717) is 9.90 Å². The average Bonchev–Trinajstić information content (AvgIpc) is 2.18. The molecule has 0 unspecified atom stereocenters. The molecule has 0 aromatic carbocycles. The molecular weight excluding hydrogens is 207 g/mol. The Hall–Kier alpha value is -0.320. The van der Waals surface area contributed by atoms with E-state index in [9.17, 15) is 4.79 Å². The van der Waals surface area contributed by atoms with Crippen LogP contribution in [0.3, 0.4) is 0 Å². The van der Waals surface area contributed by atoms with Gasteiger partial charge in [-0.1, -0.05) is 23.2 Å². The fraction of sp³-hybridized carbons (Fsp3) is 0.200. The highest BCUT2D eigenvalue weighted by Gasteiger charge is 2.11. The minimum atomic E-state index is -0.438. The number of nitrogens with two attached hydrogens (primary N) is 1. The Morgan fingerprint density at radius 1 is 1.64 bits per heavy atom. The number of amides is 1. The molecule has 0 aliphatic carbocycles. The molecule has 1 aromatic heterocycles. The lowest BCUT2D eigenvalue weighted by molar-refractivity contribution is -0.117. The van der Waals surface area contributed by atoms with Gasteiger partial charge in [0.25, 0.3) is 0 Å². The molecule has 3 nitrogen and oxygen atoms in total. The first kappa shape index (κ1) is 8.77. The van der Waals surface area contributed by atoms with E-state index in [4.69, 9.17) is 28.9 Å². The number of hydrogen-bond acceptors (Lipinski definition) is 3. The van der Waals surface area contributed by atoms with Gasteiger partial charge in [0.1, 0.15) is 0 Å². The Morgan fingerprint density at radius 2 is 2.27 bits per heavy atom. The largest absolute Gasteiger partial charge is 0.369 e. The van der Waals surface area contributed by atoms with Crippen LogP contribution >= 0.6 is 34.7 Å². The maximum absolute atomic E-state index is 10.4. The standard InChI is InChI=1S/C5H4Cl2N2OS/c6-4-2(1-3(8)10)11-9-5(4)7/h1H2,(H2,8,10). The number of carbonyl (C=O) groups is 1. The Kier molecular flexibility index (Phi) is 2.70. The van der Waals surface area contributed by atoms with E-state index in [1.54, 1.807) is 0 Å². The SMILES string of the molecule is NC(=O)Cc1snc(Cl)c1Cl. The molecule has 60 valence electrons. The van der Waals surface area contributed by atoms with Crippen molar-refractivity contribution in [2.45, 2.75) is 6.42 Å². The predicted octanol–water partition coefficient (Wildman–Crippen LogP) is 1.48. The third-order valence-electron chi connectivity index (χ3n) is 0.997. The van der Waals surface area contributed by atoms with Crippen LogP contribution in [0.1, 0.15) is 4.88 Å². The zero-order valence-corrected chi connectivity index (χ0v) is 7.63. The number of primary amides is 1. The van der Waals surface area contributed by atoms with Gasteiger partial charge in [0, 0.05) is 0 Å². The Labute approximate surface area is 77.3 Å². The number of hydrogen-bond donors (Lipinski definition) is 1. The van der Waals surface area contributed by atoms with E-state index in [1.807, 2.05) is 0 Å². The van der Waals surface area contributed by atoms with Crippen molar-refractivity contribution in [2.75, 3.05) is 0 Å². The van der Waals surface area contributed by atoms with Crippen LogP contribution in [-0.4, -0.2) is 10.3 Å². The lowest BCUT2D eigenvalue weighted by atomic mass is 10.3. The number of aromatic nitrogens is 1. The van der Waals surface area contributed by atoms with Crippen molar-refractivity contribution in [1.82, 2.24) is 4.37 Å². The average molecular weight is 211 g/mol. The Morgan fingerprint density at radius 3 is 2.64 bits per heavy atom. The van der Waals surface area contributed by atoms with Gasteiger partial charge in [-0.05, 0) is 11.5 Å². The number of rotatable bonds is 2. The summed E-state index contributed by atoms with van der Waals surface area (Å²) in [5, 5.41) is 0.559. The fourth-order valence-corrected chi connectivity index (χ4v) is 1.76. The highest BCUT2D eigenvalue weighted by atomic mass is 35.5. The smallest absolute Gasteiger partial charge is 0.222 e. The summed E-state index contributed by atoms with van der Waals surface area (Å²) in [7, 11) is 0. The molecule has 1 aromatic rings. The van der Waals surface area contributed by atoms with Gasteiger partial charge in [-0.2, -0.15) is 4.37 Å². The lowest BCUT2D eigenvalue weighted by Gasteiger charge is -1.89. The summed E-state index contributed by atoms with van der Waals surface area (Å²) in [6.07, 6.45) is 0.100. The maximum Gasteiger partial charge on any atom is 0.222 e. The minimum absolute atomic E-state index is 0.100. The third kappa shape index (κ3) is 2.05. The van der Waals surface area contributed by atoms with Gasteiger partial charge < -0.3 is 5.73 Å². The molecule has 1 heterocycles. The van der Waals surface area contributed by atoms with Crippen LogP contribution in [0.2, 0.25) is 10.2 Å². The summed E-state index contributed by atoms with van der Waals surface area (Å²) >= 11 is 12.3. The summed E-state index contributed by atoms with van der Waals surface area (Å²) in [6, 6.07) is 0. The molecule has 0 radical (unpaired) electrons. The molecule has 0 fully saturated rings. The van der Waals surface area contributed by atoms with E-state index in [-0.39, 0.29) is 11.6 Å². The molecule has 6 heteroatoms. The van der Waals surface area contributed by atoms with E-state index < -0.39 is 5.91 Å². The van der Waals surface area contributed by atoms with Crippen molar-refractivity contribution in [2.24, 2.45) is 5.73 Å². The summed E-state index contributed by atoms with van der Waals surface area (Å²) in [5.74, 6) is -0.438. The predicted molar refractivity (Wildman–Crippen MR) is 45.0 cm³/mol. The minimum Gasteiger partial charge on any atom is -0.369 e.